The number of anilines is 1. The van der Waals surface area contributed by atoms with Crippen LogP contribution in [0.2, 0.25) is 5.02 Å². The van der Waals surface area contributed by atoms with E-state index in [2.05, 4.69) is 9.97 Å². The Balaban J connectivity index is 1.95. The van der Waals surface area contributed by atoms with E-state index >= 15 is 0 Å². The molecule has 0 saturated heterocycles. The van der Waals surface area contributed by atoms with Gasteiger partial charge in [0, 0.05) is 23.5 Å². The van der Waals surface area contributed by atoms with Crippen molar-refractivity contribution >= 4 is 38.4 Å². The molecule has 2 heterocycles. The zero-order valence-electron chi connectivity index (χ0n) is 14.1. The normalized spacial score (nSPS) is 16.2. The maximum atomic E-state index is 13.3. The lowest BCUT2D eigenvalue weighted by atomic mass is 9.95. The molecular weight excluding hydrogens is 372 g/mol. The number of sulfone groups is 1. The maximum absolute atomic E-state index is 13.3. The summed E-state index contributed by atoms with van der Waals surface area (Å²) in [5, 5.41) is 0.473. The van der Waals surface area contributed by atoms with Crippen molar-refractivity contribution in [3.8, 4) is 0 Å². The monoisotopic (exact) mass is 390 g/mol. The van der Waals surface area contributed by atoms with Crippen LogP contribution in [0, 0.1) is 0 Å². The van der Waals surface area contributed by atoms with Gasteiger partial charge in [-0.05, 0) is 37.1 Å². The number of aromatic nitrogens is 3. The second-order valence-corrected chi connectivity index (χ2v) is 8.89. The van der Waals surface area contributed by atoms with Crippen LogP contribution >= 0.6 is 11.6 Å². The van der Waals surface area contributed by atoms with Gasteiger partial charge < -0.3 is 10.3 Å². The van der Waals surface area contributed by atoms with Gasteiger partial charge in [0.25, 0.3) is 0 Å². The standard InChI is InChI=1S/C18H19ClN4O2S/c19-12-6-8-14(9-7-12)26(24,25)16-15-18(22-11-10-21-15)23(17(16)20)13-4-2-1-3-5-13/h6-11,13H,1-5,20H2. The van der Waals surface area contributed by atoms with Crippen LogP contribution in [0.3, 0.4) is 0 Å². The minimum absolute atomic E-state index is 0.0356. The van der Waals surface area contributed by atoms with E-state index in [9.17, 15) is 8.42 Å². The Labute approximate surface area is 156 Å². The second kappa shape index (κ2) is 6.55. The fourth-order valence-electron chi connectivity index (χ4n) is 3.72. The molecule has 3 aromatic rings. The smallest absolute Gasteiger partial charge is 0.212 e. The van der Waals surface area contributed by atoms with Gasteiger partial charge in [-0.25, -0.2) is 18.4 Å². The Morgan fingerprint density at radius 1 is 1.04 bits per heavy atom. The minimum atomic E-state index is -3.84. The van der Waals surface area contributed by atoms with Crippen LogP contribution in [-0.4, -0.2) is 23.0 Å². The molecule has 2 N–H and O–H groups in total. The number of nitrogen functional groups attached to an aromatic ring is 1. The van der Waals surface area contributed by atoms with Crippen LogP contribution < -0.4 is 5.73 Å². The van der Waals surface area contributed by atoms with Crippen molar-refractivity contribution in [3.63, 3.8) is 0 Å². The van der Waals surface area contributed by atoms with E-state index in [0.717, 1.165) is 25.7 Å². The molecule has 0 unspecified atom stereocenters. The molecule has 8 heteroatoms. The van der Waals surface area contributed by atoms with Gasteiger partial charge in [-0.3, -0.25) is 0 Å². The predicted molar refractivity (Wildman–Crippen MR) is 101 cm³/mol. The molecule has 1 fully saturated rings. The molecular formula is C18H19ClN4O2S. The van der Waals surface area contributed by atoms with Crippen molar-refractivity contribution in [2.45, 2.75) is 47.9 Å². The molecule has 0 aliphatic heterocycles. The Hall–Kier alpha value is -2.12. The summed E-state index contributed by atoms with van der Waals surface area (Å²) in [6, 6.07) is 6.22. The lowest BCUT2D eigenvalue weighted by molar-refractivity contribution is 0.362. The van der Waals surface area contributed by atoms with Gasteiger partial charge in [0.05, 0.1) is 4.90 Å². The highest BCUT2D eigenvalue weighted by atomic mass is 35.5. The molecule has 0 bridgehead atoms. The van der Waals surface area contributed by atoms with E-state index in [4.69, 9.17) is 17.3 Å². The molecule has 1 saturated carbocycles. The number of nitrogens with zero attached hydrogens (tertiary/aromatic N) is 3. The highest BCUT2D eigenvalue weighted by Gasteiger charge is 2.32. The molecule has 26 heavy (non-hydrogen) atoms. The van der Waals surface area contributed by atoms with Gasteiger partial charge in [0.2, 0.25) is 9.84 Å². The molecule has 6 nitrogen and oxygen atoms in total. The van der Waals surface area contributed by atoms with E-state index in [1.54, 1.807) is 18.3 Å². The van der Waals surface area contributed by atoms with E-state index < -0.39 is 9.84 Å². The molecule has 136 valence electrons. The van der Waals surface area contributed by atoms with Crippen LogP contribution in [0.15, 0.2) is 46.5 Å². The summed E-state index contributed by atoms with van der Waals surface area (Å²) in [6.45, 7) is 0. The van der Waals surface area contributed by atoms with Crippen LogP contribution in [-0.2, 0) is 9.84 Å². The summed E-state index contributed by atoms with van der Waals surface area (Å²) in [5.41, 5.74) is 7.23. The van der Waals surface area contributed by atoms with Gasteiger partial charge in [-0.15, -0.1) is 0 Å². The van der Waals surface area contributed by atoms with Crippen LogP contribution in [0.5, 0.6) is 0 Å². The van der Waals surface area contributed by atoms with Crippen molar-refractivity contribution in [2.24, 2.45) is 0 Å². The average molecular weight is 391 g/mol. The molecule has 1 aromatic carbocycles. The molecule has 0 atom stereocenters. The Morgan fingerprint density at radius 2 is 1.69 bits per heavy atom. The summed E-state index contributed by atoms with van der Waals surface area (Å²) in [6.07, 6.45) is 8.38. The van der Waals surface area contributed by atoms with Crippen molar-refractivity contribution in [2.75, 3.05) is 5.73 Å². The zero-order chi connectivity index (χ0) is 18.3. The first kappa shape index (κ1) is 17.3. The summed E-state index contributed by atoms with van der Waals surface area (Å²) in [4.78, 5) is 8.87. The number of hydrogen-bond acceptors (Lipinski definition) is 5. The van der Waals surface area contributed by atoms with Crippen LogP contribution in [0.25, 0.3) is 11.2 Å². The van der Waals surface area contributed by atoms with Crippen molar-refractivity contribution in [1.29, 1.82) is 0 Å². The van der Waals surface area contributed by atoms with Crippen LogP contribution in [0.4, 0.5) is 5.82 Å². The molecule has 0 amide bonds. The molecule has 4 rings (SSSR count). The molecule has 0 spiro atoms. The number of fused-ring (bicyclic) bond motifs is 1. The third-order valence-corrected chi connectivity index (χ3v) is 7.03. The largest absolute Gasteiger partial charge is 0.384 e. The first-order valence-corrected chi connectivity index (χ1v) is 10.5. The SMILES string of the molecule is Nc1c(S(=O)(=O)c2ccc(Cl)cc2)c2nccnc2n1C1CCCCC1. The van der Waals surface area contributed by atoms with Gasteiger partial charge in [0.1, 0.15) is 16.2 Å². The van der Waals surface area contributed by atoms with Crippen molar-refractivity contribution in [1.82, 2.24) is 14.5 Å². The average Bonchev–Trinajstić information content (AvgIpc) is 2.95. The van der Waals surface area contributed by atoms with Gasteiger partial charge in [0.15, 0.2) is 5.65 Å². The van der Waals surface area contributed by atoms with Crippen molar-refractivity contribution in [3.05, 3.63) is 41.7 Å². The number of hydrogen-bond donors (Lipinski definition) is 1. The summed E-state index contributed by atoms with van der Waals surface area (Å²) >= 11 is 5.89. The van der Waals surface area contributed by atoms with Gasteiger partial charge >= 0.3 is 0 Å². The predicted octanol–water partition coefficient (Wildman–Crippen LogP) is 4.00. The van der Waals surface area contributed by atoms with Gasteiger partial charge in [-0.2, -0.15) is 0 Å². The van der Waals surface area contributed by atoms with E-state index in [-0.39, 0.29) is 21.7 Å². The number of halogens is 1. The third-order valence-electron chi connectivity index (χ3n) is 4.95. The van der Waals surface area contributed by atoms with E-state index in [1.807, 2.05) is 4.57 Å². The quantitative estimate of drug-likeness (QED) is 0.729. The first-order valence-electron chi connectivity index (χ1n) is 8.61. The minimum Gasteiger partial charge on any atom is -0.384 e. The zero-order valence-corrected chi connectivity index (χ0v) is 15.7. The van der Waals surface area contributed by atoms with Gasteiger partial charge in [-0.1, -0.05) is 30.9 Å². The topological polar surface area (TPSA) is 90.9 Å². The first-order chi connectivity index (χ1) is 12.5. The highest BCUT2D eigenvalue weighted by molar-refractivity contribution is 7.92. The molecule has 1 aliphatic carbocycles. The Morgan fingerprint density at radius 3 is 2.38 bits per heavy atom. The number of benzene rings is 1. The summed E-state index contributed by atoms with van der Waals surface area (Å²) in [7, 11) is -3.84. The lowest BCUT2D eigenvalue weighted by Crippen LogP contribution is -2.16. The maximum Gasteiger partial charge on any atom is 0.212 e. The summed E-state index contributed by atoms with van der Waals surface area (Å²) in [5.74, 6) is 0.216. The fraction of sp³-hybridized carbons (Fsp3) is 0.333. The molecule has 1 aliphatic rings. The van der Waals surface area contributed by atoms with Crippen molar-refractivity contribution < 1.29 is 8.42 Å². The third kappa shape index (κ3) is 2.75. The number of nitrogens with two attached hydrogens (primary N) is 1. The molecule has 2 aromatic heterocycles. The van der Waals surface area contributed by atoms with Crippen LogP contribution in [0.1, 0.15) is 38.1 Å². The lowest BCUT2D eigenvalue weighted by Gasteiger charge is -2.24. The van der Waals surface area contributed by atoms with E-state index in [1.165, 1.54) is 24.8 Å². The fourth-order valence-corrected chi connectivity index (χ4v) is 5.35. The van der Waals surface area contributed by atoms with E-state index in [0.29, 0.717) is 16.2 Å². The molecule has 0 radical (unpaired) electrons. The Bertz CT molecular complexity index is 1050. The summed E-state index contributed by atoms with van der Waals surface area (Å²) < 4.78 is 28.4. The Kier molecular flexibility index (Phi) is 4.36. The highest BCUT2D eigenvalue weighted by Crippen LogP contribution is 2.39. The number of rotatable bonds is 3. The second-order valence-electron chi connectivity index (χ2n) is 6.56.